The molecule has 31 heavy (non-hydrogen) atoms. The molecule has 0 bridgehead atoms. The Labute approximate surface area is 178 Å². The lowest BCUT2D eigenvalue weighted by atomic mass is 10.1. The number of nitrogens with zero attached hydrogens (tertiary/aromatic N) is 4. The first-order valence-electron chi connectivity index (χ1n) is 8.89. The van der Waals surface area contributed by atoms with Crippen LogP contribution in [0.3, 0.4) is 0 Å². The Bertz CT molecular complexity index is 905. The zero-order valence-electron chi connectivity index (χ0n) is 16.1. The molecular weight excluding hydrogens is 435 g/mol. The van der Waals surface area contributed by atoms with E-state index in [2.05, 4.69) is 19.5 Å². The minimum absolute atomic E-state index is 0. The first-order valence-corrected chi connectivity index (χ1v) is 10.4. The van der Waals surface area contributed by atoms with Gasteiger partial charge in [-0.15, -0.1) is 0 Å². The molecule has 1 fully saturated rings. The number of aliphatic hydroxyl groups excluding tert-OH is 2. The lowest BCUT2D eigenvalue weighted by Gasteiger charge is -2.16. The summed E-state index contributed by atoms with van der Waals surface area (Å²) in [5, 5.41) is 20.1. The second kappa shape index (κ2) is 11.5. The number of carbonyl (C=O) groups is 1. The van der Waals surface area contributed by atoms with Gasteiger partial charge in [0.2, 0.25) is 0 Å². The van der Waals surface area contributed by atoms with E-state index in [-0.39, 0.29) is 24.7 Å². The van der Waals surface area contributed by atoms with Crippen molar-refractivity contribution in [2.45, 2.75) is 51.7 Å². The van der Waals surface area contributed by atoms with Crippen LogP contribution >= 0.6 is 7.82 Å². The van der Waals surface area contributed by atoms with Crippen LogP contribution in [0.5, 0.6) is 0 Å². The maximum absolute atomic E-state index is 10.7. The highest BCUT2D eigenvalue weighted by Crippen LogP contribution is 2.38. The number of nitrogens with two attached hydrogens (primary N) is 2. The molecule has 0 aliphatic carbocycles. The van der Waals surface area contributed by atoms with Gasteiger partial charge in [0.1, 0.15) is 35.9 Å². The van der Waals surface area contributed by atoms with Crippen LogP contribution in [0.4, 0.5) is 5.82 Å². The van der Waals surface area contributed by atoms with Crippen molar-refractivity contribution in [3.63, 3.8) is 0 Å². The highest BCUT2D eigenvalue weighted by atomic mass is 31.2. The minimum atomic E-state index is -4.72. The molecule has 2 aromatic heterocycles. The fourth-order valence-electron chi connectivity index (χ4n) is 2.67. The van der Waals surface area contributed by atoms with Crippen molar-refractivity contribution < 1.29 is 38.6 Å². The van der Waals surface area contributed by atoms with Gasteiger partial charge in [-0.25, -0.2) is 19.5 Å². The van der Waals surface area contributed by atoms with Gasteiger partial charge in [0.25, 0.3) is 0 Å². The van der Waals surface area contributed by atoms with Gasteiger partial charge in [0.05, 0.1) is 12.9 Å². The van der Waals surface area contributed by atoms with Crippen molar-refractivity contribution in [1.29, 1.82) is 0 Å². The molecule has 1 saturated heterocycles. The number of anilines is 1. The summed E-state index contributed by atoms with van der Waals surface area (Å²) < 4.78 is 21.8. The molecule has 1 unspecified atom stereocenters. The van der Waals surface area contributed by atoms with Crippen molar-refractivity contribution in [3.8, 4) is 0 Å². The molecule has 0 spiro atoms. The predicted octanol–water partition coefficient (Wildman–Crippen LogP) is -0.913. The number of rotatable bonds is 7. The van der Waals surface area contributed by atoms with E-state index in [4.69, 9.17) is 26.0 Å². The lowest BCUT2D eigenvalue weighted by Crippen LogP contribution is -2.33. The summed E-state index contributed by atoms with van der Waals surface area (Å²) in [6, 6.07) is 0. The molecule has 3 rings (SSSR count). The summed E-state index contributed by atoms with van der Waals surface area (Å²) in [6.07, 6.45) is -1.03. The Morgan fingerprint density at radius 2 is 1.97 bits per heavy atom. The van der Waals surface area contributed by atoms with E-state index < -0.39 is 39.0 Å². The molecule has 14 nitrogen and oxygen atoms in total. The maximum atomic E-state index is 10.7. The molecule has 0 saturated carbocycles. The van der Waals surface area contributed by atoms with E-state index >= 15 is 0 Å². The van der Waals surface area contributed by atoms with Gasteiger partial charge in [-0.1, -0.05) is 7.43 Å². The molecule has 15 heteroatoms. The fourth-order valence-corrected chi connectivity index (χ4v) is 3.02. The van der Waals surface area contributed by atoms with Crippen LogP contribution in [0.25, 0.3) is 11.2 Å². The third-order valence-electron chi connectivity index (χ3n) is 4.14. The van der Waals surface area contributed by atoms with E-state index in [0.29, 0.717) is 18.5 Å². The molecule has 2 aromatic rings. The molecule has 176 valence electrons. The third-order valence-corrected chi connectivity index (χ3v) is 4.62. The van der Waals surface area contributed by atoms with Gasteiger partial charge in [-0.2, -0.15) is 0 Å². The summed E-state index contributed by atoms with van der Waals surface area (Å²) in [4.78, 5) is 39.3. The smallest absolute Gasteiger partial charge is 0.387 e. The van der Waals surface area contributed by atoms with Crippen LogP contribution in [0.2, 0.25) is 0 Å². The highest BCUT2D eigenvalue weighted by molar-refractivity contribution is 7.46. The molecule has 1 aliphatic rings. The summed E-state index contributed by atoms with van der Waals surface area (Å²) in [6.45, 7) is 1.61. The number of fused-ring (bicyclic) bond motifs is 1. The number of hydrogen-bond donors (Lipinski definition) is 6. The summed E-state index contributed by atoms with van der Waals surface area (Å²) in [7, 11) is -4.72. The second-order valence-electron chi connectivity index (χ2n) is 6.51. The summed E-state index contributed by atoms with van der Waals surface area (Å²) >= 11 is 0. The van der Waals surface area contributed by atoms with E-state index in [1.807, 2.05) is 0 Å². The maximum Gasteiger partial charge on any atom is 0.469 e. The van der Waals surface area contributed by atoms with Crippen LogP contribution in [-0.2, 0) is 18.6 Å². The third kappa shape index (κ3) is 7.26. The van der Waals surface area contributed by atoms with Crippen molar-refractivity contribution in [1.82, 2.24) is 19.5 Å². The molecular formula is C16H29N6O8P. The van der Waals surface area contributed by atoms with Crippen LogP contribution in [0, 0.1) is 0 Å². The summed E-state index contributed by atoms with van der Waals surface area (Å²) in [5.74, 6) is 0.369. The molecule has 0 aromatic carbocycles. The Kier molecular flexibility index (Phi) is 10.1. The molecule has 4 atom stereocenters. The Hall–Kier alpha value is -2.03. The Morgan fingerprint density at radius 1 is 1.29 bits per heavy atom. The SMILES string of the molecule is C.CC(=O)CCCN.Nc1ncnc2c1ncn2[C@@H]1O[C@H](COP(=O)(O)O)C(O)[C@@H]1O. The monoisotopic (exact) mass is 464 g/mol. The number of aromatic nitrogens is 4. The van der Waals surface area contributed by atoms with E-state index in [1.54, 1.807) is 6.92 Å². The van der Waals surface area contributed by atoms with E-state index in [0.717, 1.165) is 6.42 Å². The van der Waals surface area contributed by atoms with Crippen LogP contribution < -0.4 is 11.5 Å². The number of ketones is 1. The van der Waals surface area contributed by atoms with Gasteiger partial charge >= 0.3 is 7.82 Å². The van der Waals surface area contributed by atoms with Gasteiger partial charge in [-0.3, -0.25) is 9.09 Å². The van der Waals surface area contributed by atoms with Crippen molar-refractivity contribution in [3.05, 3.63) is 12.7 Å². The summed E-state index contributed by atoms with van der Waals surface area (Å²) in [5.41, 5.74) is 11.4. The zero-order chi connectivity index (χ0) is 22.5. The topological polar surface area (TPSA) is 229 Å². The normalized spacial score (nSPS) is 23.2. The standard InChI is InChI=1S/C10H14N5O7P.C5H11NO.CH4/c11-8-5-9(13-2-12-8)15(3-14-5)10-7(17)6(16)4(22-10)1-21-23(18,19)20;1-5(7)3-2-4-6;/h2-4,6-7,10,16-17H,1H2,(H2,11,12,13)(H2,18,19,20);2-4,6H2,1H3;1H4/t4-,6?,7+,10-;;/m1../s1. The van der Waals surface area contributed by atoms with Crippen LogP contribution in [-0.4, -0.2) is 76.8 Å². The average molecular weight is 464 g/mol. The van der Waals surface area contributed by atoms with Crippen molar-refractivity contribution in [2.75, 3.05) is 18.9 Å². The van der Waals surface area contributed by atoms with Gasteiger partial charge in [-0.05, 0) is 19.9 Å². The van der Waals surface area contributed by atoms with Gasteiger partial charge in [0, 0.05) is 6.42 Å². The number of hydrogen-bond acceptors (Lipinski definition) is 11. The first kappa shape index (κ1) is 27.0. The van der Waals surface area contributed by atoms with Crippen molar-refractivity contribution >= 4 is 30.6 Å². The second-order valence-corrected chi connectivity index (χ2v) is 7.75. The number of nitrogen functional groups attached to an aromatic ring is 1. The quantitative estimate of drug-likeness (QED) is 0.273. The van der Waals surface area contributed by atoms with Crippen molar-refractivity contribution in [2.24, 2.45) is 5.73 Å². The number of imidazole rings is 1. The largest absolute Gasteiger partial charge is 0.469 e. The van der Waals surface area contributed by atoms with E-state index in [9.17, 15) is 19.6 Å². The molecule has 1 aliphatic heterocycles. The molecule has 0 amide bonds. The zero-order valence-corrected chi connectivity index (χ0v) is 17.0. The number of Topliss-reactive ketones (excluding diaryl/α,β-unsaturated/α-hetero) is 1. The highest BCUT2D eigenvalue weighted by Gasteiger charge is 2.45. The number of phosphoric ester groups is 1. The number of aliphatic hydroxyl groups is 2. The molecule has 0 radical (unpaired) electrons. The van der Waals surface area contributed by atoms with Crippen LogP contribution in [0.15, 0.2) is 12.7 Å². The van der Waals surface area contributed by atoms with Gasteiger partial charge < -0.3 is 41.0 Å². The Balaban J connectivity index is 0.000000523. The van der Waals surface area contributed by atoms with Crippen LogP contribution in [0.1, 0.15) is 33.4 Å². The number of phosphoric acid groups is 1. The number of carbonyl (C=O) groups excluding carboxylic acids is 1. The first-order chi connectivity index (χ1) is 14.0. The van der Waals surface area contributed by atoms with Gasteiger partial charge in [0.15, 0.2) is 17.7 Å². The minimum Gasteiger partial charge on any atom is -0.387 e. The predicted molar refractivity (Wildman–Crippen MR) is 109 cm³/mol. The molecule has 8 N–H and O–H groups in total. The van der Waals surface area contributed by atoms with E-state index in [1.165, 1.54) is 17.2 Å². The fraction of sp³-hybridized carbons (Fsp3) is 0.625. The average Bonchev–Trinajstić information content (AvgIpc) is 3.21. The molecule has 3 heterocycles. The lowest BCUT2D eigenvalue weighted by molar-refractivity contribution is -0.117. The number of ether oxygens (including phenoxy) is 1. The Morgan fingerprint density at radius 3 is 2.52 bits per heavy atom.